The number of unbranched alkanes of at least 4 members (excludes halogenated alkanes) is 2. The van der Waals surface area contributed by atoms with E-state index in [1.54, 1.807) is 12.1 Å². The summed E-state index contributed by atoms with van der Waals surface area (Å²) < 4.78 is 12.0. The van der Waals surface area contributed by atoms with Gasteiger partial charge in [-0.15, -0.1) is 0 Å². The van der Waals surface area contributed by atoms with E-state index in [0.717, 1.165) is 18.7 Å². The minimum absolute atomic E-state index is 0.509. The van der Waals surface area contributed by atoms with Gasteiger partial charge in [-0.25, -0.2) is 0 Å². The zero-order valence-corrected chi connectivity index (χ0v) is 17.3. The molecule has 0 heterocycles. The summed E-state index contributed by atoms with van der Waals surface area (Å²) >= 11 is 0. The summed E-state index contributed by atoms with van der Waals surface area (Å²) in [7, 11) is 0. The first-order valence-electron chi connectivity index (χ1n) is 10.4. The summed E-state index contributed by atoms with van der Waals surface area (Å²) in [4.78, 5) is 2.55. The third-order valence-electron chi connectivity index (χ3n) is 4.67. The van der Waals surface area contributed by atoms with Crippen molar-refractivity contribution >= 4 is 11.4 Å². The van der Waals surface area contributed by atoms with Crippen LogP contribution in [-0.4, -0.2) is 31.1 Å². The molecule has 5 nitrogen and oxygen atoms in total. The molecule has 0 fully saturated rings. The summed E-state index contributed by atoms with van der Waals surface area (Å²) in [5, 5.41) is 0. The molecular weight excluding hydrogens is 350 g/mol. The predicted octanol–water partition coefficient (Wildman–Crippen LogP) is 5.31. The van der Waals surface area contributed by atoms with Gasteiger partial charge >= 0.3 is 0 Å². The fourth-order valence-corrected chi connectivity index (χ4v) is 2.97. The van der Waals surface area contributed by atoms with Crippen LogP contribution in [0.2, 0.25) is 0 Å². The molecule has 2 aromatic carbocycles. The zero-order chi connectivity index (χ0) is 20.2. The molecule has 0 spiro atoms. The molecule has 0 bridgehead atoms. The Labute approximate surface area is 169 Å². The molecule has 0 atom stereocenters. The summed E-state index contributed by atoms with van der Waals surface area (Å²) in [5.74, 6) is 2.07. The van der Waals surface area contributed by atoms with Crippen LogP contribution in [0.1, 0.15) is 46.0 Å². The predicted molar refractivity (Wildman–Crippen MR) is 118 cm³/mol. The molecule has 0 saturated carbocycles. The number of hydrogen-bond donors (Lipinski definition) is 2. The van der Waals surface area contributed by atoms with Crippen molar-refractivity contribution in [3.05, 3.63) is 42.5 Å². The first-order chi connectivity index (χ1) is 13.6. The molecule has 2 rings (SSSR count). The van der Waals surface area contributed by atoms with Crippen LogP contribution in [0.5, 0.6) is 17.2 Å². The van der Waals surface area contributed by atoms with Crippen LogP contribution >= 0.6 is 0 Å². The van der Waals surface area contributed by atoms with E-state index < -0.39 is 0 Å². The summed E-state index contributed by atoms with van der Waals surface area (Å²) in [6.45, 7) is 8.57. The van der Waals surface area contributed by atoms with E-state index >= 15 is 0 Å². The summed E-state index contributed by atoms with van der Waals surface area (Å²) in [6.07, 6.45) is 5.98. The van der Waals surface area contributed by atoms with E-state index in [0.29, 0.717) is 29.5 Å². The van der Waals surface area contributed by atoms with Crippen molar-refractivity contribution in [2.24, 2.45) is 0 Å². The average Bonchev–Trinajstić information content (AvgIpc) is 2.70. The van der Waals surface area contributed by atoms with E-state index in [4.69, 9.17) is 20.9 Å². The van der Waals surface area contributed by atoms with Gasteiger partial charge in [0.05, 0.1) is 18.0 Å². The molecule has 0 aliphatic rings. The lowest BCUT2D eigenvalue weighted by Crippen LogP contribution is -2.28. The van der Waals surface area contributed by atoms with Crippen molar-refractivity contribution < 1.29 is 9.47 Å². The molecule has 154 valence electrons. The monoisotopic (exact) mass is 385 g/mol. The van der Waals surface area contributed by atoms with E-state index in [1.165, 1.54) is 38.8 Å². The zero-order valence-electron chi connectivity index (χ0n) is 17.3. The average molecular weight is 386 g/mol. The molecule has 0 radical (unpaired) electrons. The summed E-state index contributed by atoms with van der Waals surface area (Å²) in [6, 6.07) is 13.0. The first kappa shape index (κ1) is 21.9. The minimum Gasteiger partial charge on any atom is -0.490 e. The number of nitrogens with two attached hydrogens (primary N) is 2. The smallest absolute Gasteiger partial charge is 0.169 e. The molecule has 4 N–H and O–H groups in total. The lowest BCUT2D eigenvalue weighted by Gasteiger charge is -2.22. The second kappa shape index (κ2) is 12.1. The number of para-hydroxylation sites is 2. The van der Waals surface area contributed by atoms with Gasteiger partial charge in [-0.1, -0.05) is 38.8 Å². The maximum absolute atomic E-state index is 6.02. The van der Waals surface area contributed by atoms with E-state index in [-0.39, 0.29) is 0 Å². The highest BCUT2D eigenvalue weighted by Crippen LogP contribution is 2.33. The Balaban J connectivity index is 1.87. The van der Waals surface area contributed by atoms with Crippen LogP contribution in [0, 0.1) is 0 Å². The number of ether oxygens (including phenoxy) is 2. The second-order valence-corrected chi connectivity index (χ2v) is 7.09. The van der Waals surface area contributed by atoms with Crippen molar-refractivity contribution in [3.8, 4) is 17.2 Å². The summed E-state index contributed by atoms with van der Waals surface area (Å²) in [5.41, 5.74) is 12.7. The molecule has 0 aliphatic heterocycles. The van der Waals surface area contributed by atoms with Gasteiger partial charge in [-0.3, -0.25) is 0 Å². The molecule has 0 saturated heterocycles. The highest BCUT2D eigenvalue weighted by Gasteiger charge is 2.08. The van der Waals surface area contributed by atoms with Gasteiger partial charge in [-0.2, -0.15) is 0 Å². The number of hydrogen-bond acceptors (Lipinski definition) is 5. The number of rotatable bonds is 13. The van der Waals surface area contributed by atoms with Gasteiger partial charge in [0.1, 0.15) is 5.75 Å². The standard InChI is InChI=1S/C23H35N3O2/c1-3-5-14-26(15-6-4-2)16-9-17-27-22-10-7-8-11-23(22)28-19-12-13-20(24)21(25)18-19/h7-8,10-13,18H,3-6,9,14-17,24-25H2,1-2H3. The lowest BCUT2D eigenvalue weighted by atomic mass is 10.2. The van der Waals surface area contributed by atoms with Crippen molar-refractivity contribution in [2.75, 3.05) is 37.7 Å². The van der Waals surface area contributed by atoms with Crippen molar-refractivity contribution in [1.82, 2.24) is 4.90 Å². The quantitative estimate of drug-likeness (QED) is 0.361. The van der Waals surface area contributed by atoms with Crippen molar-refractivity contribution in [3.63, 3.8) is 0 Å². The van der Waals surface area contributed by atoms with Crippen molar-refractivity contribution in [1.29, 1.82) is 0 Å². The van der Waals surface area contributed by atoms with Gasteiger partial charge in [0, 0.05) is 12.6 Å². The van der Waals surface area contributed by atoms with E-state index in [9.17, 15) is 0 Å². The minimum atomic E-state index is 0.509. The lowest BCUT2D eigenvalue weighted by molar-refractivity contribution is 0.226. The Hall–Kier alpha value is -2.40. The molecule has 0 amide bonds. The number of anilines is 2. The van der Waals surface area contributed by atoms with Gasteiger partial charge in [0.25, 0.3) is 0 Å². The van der Waals surface area contributed by atoms with E-state index in [2.05, 4.69) is 18.7 Å². The van der Waals surface area contributed by atoms with Crippen LogP contribution in [0.3, 0.4) is 0 Å². The fraction of sp³-hybridized carbons (Fsp3) is 0.478. The second-order valence-electron chi connectivity index (χ2n) is 7.09. The molecule has 0 unspecified atom stereocenters. The van der Waals surface area contributed by atoms with Gasteiger partial charge < -0.3 is 25.8 Å². The molecule has 5 heteroatoms. The van der Waals surface area contributed by atoms with Gasteiger partial charge in [0.2, 0.25) is 0 Å². The van der Waals surface area contributed by atoms with Crippen LogP contribution in [0.15, 0.2) is 42.5 Å². The van der Waals surface area contributed by atoms with Gasteiger partial charge in [-0.05, 0) is 56.6 Å². The van der Waals surface area contributed by atoms with Crippen molar-refractivity contribution in [2.45, 2.75) is 46.0 Å². The Morgan fingerprint density at radius 1 is 0.786 bits per heavy atom. The topological polar surface area (TPSA) is 73.7 Å². The van der Waals surface area contributed by atoms with Gasteiger partial charge in [0.15, 0.2) is 11.5 Å². The SMILES string of the molecule is CCCCN(CCCC)CCCOc1ccccc1Oc1ccc(N)c(N)c1. The van der Waals surface area contributed by atoms with Crippen LogP contribution in [0.4, 0.5) is 11.4 Å². The Morgan fingerprint density at radius 3 is 2.07 bits per heavy atom. The van der Waals surface area contributed by atoms with Crippen LogP contribution < -0.4 is 20.9 Å². The van der Waals surface area contributed by atoms with Crippen LogP contribution in [0.25, 0.3) is 0 Å². The highest BCUT2D eigenvalue weighted by atomic mass is 16.5. The first-order valence-corrected chi connectivity index (χ1v) is 10.4. The third-order valence-corrected chi connectivity index (χ3v) is 4.67. The molecule has 0 aliphatic carbocycles. The number of nitrogens with zero attached hydrogens (tertiary/aromatic N) is 1. The Bertz CT molecular complexity index is 698. The maximum Gasteiger partial charge on any atom is 0.169 e. The molecule has 0 aromatic heterocycles. The molecule has 28 heavy (non-hydrogen) atoms. The fourth-order valence-electron chi connectivity index (χ4n) is 2.97. The third kappa shape index (κ3) is 7.31. The number of nitrogen functional groups attached to an aromatic ring is 2. The highest BCUT2D eigenvalue weighted by molar-refractivity contribution is 5.65. The van der Waals surface area contributed by atoms with Crippen LogP contribution in [-0.2, 0) is 0 Å². The maximum atomic E-state index is 6.02. The largest absolute Gasteiger partial charge is 0.490 e. The normalized spacial score (nSPS) is 11.0. The molecule has 2 aromatic rings. The van der Waals surface area contributed by atoms with E-state index in [1.807, 2.05) is 30.3 Å². The number of benzene rings is 2. The Kier molecular flexibility index (Phi) is 9.49. The molecular formula is C23H35N3O2. The Morgan fingerprint density at radius 2 is 1.43 bits per heavy atom.